The maximum absolute atomic E-state index is 15.3. The molecular formula is C84H138N18O16. The number of unbranched alkanes of at least 4 members (excludes halogenated alkanes) is 3. The molecule has 0 radical (unpaired) electrons. The summed E-state index contributed by atoms with van der Waals surface area (Å²) in [7, 11) is 0. The van der Waals surface area contributed by atoms with E-state index >= 15 is 14.4 Å². The SMILES string of the molecule is CC(C)C[C@@H]1NC(=O)[C@H](CCCCN)NC(=O)[C@H](C(C)C)NC(=O)[C@@H]2CCCN2C(=O)[C@@H](Cc2ccc(O)cc2)NC(=O)[C@H](CC(C)C)NC(=O)[C@H](CCCCN)NC(=O)[C@H](C(C)C)NC(=O)[C@H](CCCCN)NC(=O)[C@H](CC(C)C)NC(=O)[C@@H]2CCCN2C(=O)[C@@H](Cc2ccc(O)cc2)NC(=O)[C@H](C(C)C)NC(=O)[C@H](CCCN)NC1=O. The third-order valence-electron chi connectivity index (χ3n) is 21.5. The topological polar surface area (TPSA) is 534 Å². The molecule has 14 amide bonds. The summed E-state index contributed by atoms with van der Waals surface area (Å²) in [6.45, 7) is 21.8. The molecule has 0 unspecified atom stereocenters. The van der Waals surface area contributed by atoms with E-state index in [0.717, 1.165) is 0 Å². The van der Waals surface area contributed by atoms with Gasteiger partial charge in [-0.1, -0.05) is 107 Å². The number of nitrogens with one attached hydrogen (secondary N) is 12. The average Bonchev–Trinajstić information content (AvgIpc) is 1.65. The van der Waals surface area contributed by atoms with Crippen LogP contribution >= 0.6 is 0 Å². The highest BCUT2D eigenvalue weighted by molar-refractivity contribution is 6.01. The number of carbonyl (C=O) groups excluding carboxylic acids is 14. The van der Waals surface area contributed by atoms with E-state index in [0.29, 0.717) is 62.5 Å². The molecule has 22 N–H and O–H groups in total. The number of nitrogens with zero attached hydrogens (tertiary/aromatic N) is 2. The van der Waals surface area contributed by atoms with Crippen LogP contribution in [0.5, 0.6) is 11.5 Å². The molecule has 3 saturated heterocycles. The molecule has 3 heterocycles. The standard InChI is InChI=1S/C84H138N18O16/c1-47(2)42-61-75(109)90-60(25-19-39-88)74(108)99-69(51(9)10)82(116)97-65(46-54-30-34-56(104)35-31-54)84(118)101-40-20-26-66(101)78(112)95-63(44-49(5)6)76(110)89-59(24-15-18-38-87)73(107)98-68(50(7)8)80(114)91-57(22-13-16-36-85)72(106)94-62(43-48(3)4)77(111)96-64(45-53-28-32-55(103)33-29-53)83(117)102-41-21-27-67(102)79(113)100-70(52(11)12)81(115)92-58(71(105)93-61)23-14-17-37-86/h28-35,47-52,57-70,103-104H,13-27,36-46,85-88H2,1-12H3,(H,89,110)(H,90,109)(H,91,114)(H,92,115)(H,93,105)(H,94,106)(H,95,112)(H,96,111)(H,97,116)(H,98,107)(H,99,108)(H,100,113)/t57-,58-,59-,60-,61-,62-,63-,64+,65+,66-,67-,68-,69-,70-/m0/s1. The number of hydrogen-bond donors (Lipinski definition) is 18. The molecule has 5 rings (SSSR count). The molecule has 34 heteroatoms. The maximum atomic E-state index is 15.3. The summed E-state index contributed by atoms with van der Waals surface area (Å²) in [5, 5.41) is 54.5. The smallest absolute Gasteiger partial charge is 0.246 e. The van der Waals surface area contributed by atoms with Gasteiger partial charge in [-0.25, -0.2) is 0 Å². The first-order valence-corrected chi connectivity index (χ1v) is 42.5. The van der Waals surface area contributed by atoms with Gasteiger partial charge >= 0.3 is 0 Å². The number of fused-ring (bicyclic) bond motifs is 2. The minimum absolute atomic E-state index is 0.0217. The summed E-state index contributed by atoms with van der Waals surface area (Å²) in [5.41, 5.74) is 24.8. The number of rotatable bonds is 28. The van der Waals surface area contributed by atoms with Crippen LogP contribution in [0.2, 0.25) is 0 Å². The van der Waals surface area contributed by atoms with Gasteiger partial charge in [-0.3, -0.25) is 67.1 Å². The summed E-state index contributed by atoms with van der Waals surface area (Å²) < 4.78 is 0. The Labute approximate surface area is 695 Å². The Balaban J connectivity index is 1.65. The molecule has 0 aromatic heterocycles. The van der Waals surface area contributed by atoms with Gasteiger partial charge in [0.1, 0.15) is 96.1 Å². The number of nitrogens with two attached hydrogens (primary N) is 4. The molecule has 118 heavy (non-hydrogen) atoms. The maximum Gasteiger partial charge on any atom is 0.246 e. The van der Waals surface area contributed by atoms with Crippen LogP contribution in [-0.4, -0.2) is 227 Å². The molecule has 2 aromatic rings. The van der Waals surface area contributed by atoms with Crippen molar-refractivity contribution in [3.05, 3.63) is 59.7 Å². The van der Waals surface area contributed by atoms with Crippen molar-refractivity contribution >= 4 is 82.7 Å². The van der Waals surface area contributed by atoms with E-state index in [1.807, 2.05) is 41.5 Å². The van der Waals surface area contributed by atoms with Crippen LogP contribution in [0, 0.1) is 35.5 Å². The highest BCUT2D eigenvalue weighted by Crippen LogP contribution is 2.26. The number of amides is 14. The Morgan fingerprint density at radius 1 is 0.305 bits per heavy atom. The monoisotopic (exact) mass is 1660 g/mol. The van der Waals surface area contributed by atoms with Gasteiger partial charge in [-0.15, -0.1) is 0 Å². The molecule has 34 nitrogen and oxygen atoms in total. The van der Waals surface area contributed by atoms with Crippen LogP contribution in [0.25, 0.3) is 0 Å². The van der Waals surface area contributed by atoms with Crippen LogP contribution in [-0.2, 0) is 80.0 Å². The minimum atomic E-state index is -1.41. The van der Waals surface area contributed by atoms with Crippen molar-refractivity contribution in [1.29, 1.82) is 0 Å². The van der Waals surface area contributed by atoms with E-state index in [4.69, 9.17) is 22.9 Å². The van der Waals surface area contributed by atoms with Crippen LogP contribution in [0.3, 0.4) is 0 Å². The number of benzene rings is 2. The Morgan fingerprint density at radius 2 is 0.542 bits per heavy atom. The van der Waals surface area contributed by atoms with Crippen molar-refractivity contribution in [2.45, 2.75) is 296 Å². The molecule has 3 aliphatic rings. The fraction of sp³-hybridized carbons (Fsp3) is 0.690. The second-order valence-corrected chi connectivity index (χ2v) is 34.0. The Morgan fingerprint density at radius 3 is 0.839 bits per heavy atom. The lowest BCUT2D eigenvalue weighted by Gasteiger charge is -2.32. The molecule has 0 spiro atoms. The minimum Gasteiger partial charge on any atom is -0.508 e. The van der Waals surface area contributed by atoms with Crippen LogP contribution < -0.4 is 86.7 Å². The lowest BCUT2D eigenvalue weighted by atomic mass is 9.98. The van der Waals surface area contributed by atoms with Crippen molar-refractivity contribution in [3.8, 4) is 11.5 Å². The summed E-state index contributed by atoms with van der Waals surface area (Å²) in [4.78, 5) is 211. The summed E-state index contributed by atoms with van der Waals surface area (Å²) in [6.07, 6.45) is 3.27. The van der Waals surface area contributed by atoms with Crippen LogP contribution in [0.1, 0.15) is 210 Å². The fourth-order valence-electron chi connectivity index (χ4n) is 14.9. The summed E-state index contributed by atoms with van der Waals surface area (Å²) in [6, 6.07) is -6.60. The third-order valence-corrected chi connectivity index (χ3v) is 21.5. The van der Waals surface area contributed by atoms with Crippen molar-refractivity contribution < 1.29 is 77.3 Å². The molecule has 2 aromatic carbocycles. The van der Waals surface area contributed by atoms with Gasteiger partial charge in [0.05, 0.1) is 0 Å². The third kappa shape index (κ3) is 31.6. The molecule has 14 atom stereocenters. The number of phenolic OH excluding ortho intramolecular Hbond substituents is 2. The van der Waals surface area contributed by atoms with Gasteiger partial charge in [0.15, 0.2) is 0 Å². The Hall–Kier alpha value is -9.54. The van der Waals surface area contributed by atoms with Gasteiger partial charge in [0.25, 0.3) is 0 Å². The quantitative estimate of drug-likeness (QED) is 0.0527. The lowest BCUT2D eigenvalue weighted by Crippen LogP contribution is -2.62. The number of carbonyl (C=O) groups is 14. The van der Waals surface area contributed by atoms with Gasteiger partial charge < -0.3 is 107 Å². The highest BCUT2D eigenvalue weighted by Gasteiger charge is 2.45. The van der Waals surface area contributed by atoms with E-state index in [2.05, 4.69) is 63.8 Å². The second kappa shape index (κ2) is 49.8. The summed E-state index contributed by atoms with van der Waals surface area (Å²) >= 11 is 0. The van der Waals surface area contributed by atoms with E-state index < -0.39 is 185 Å². The predicted molar refractivity (Wildman–Crippen MR) is 446 cm³/mol. The van der Waals surface area contributed by atoms with Crippen molar-refractivity contribution in [3.63, 3.8) is 0 Å². The van der Waals surface area contributed by atoms with Crippen LogP contribution in [0.15, 0.2) is 48.5 Å². The first-order valence-electron chi connectivity index (χ1n) is 42.5. The fourth-order valence-corrected chi connectivity index (χ4v) is 14.9. The zero-order valence-corrected chi connectivity index (χ0v) is 71.4. The van der Waals surface area contributed by atoms with Crippen LogP contribution in [0.4, 0.5) is 0 Å². The molecular weight excluding hydrogens is 1520 g/mol. The molecule has 3 fully saturated rings. The average molecular weight is 1660 g/mol. The van der Waals surface area contributed by atoms with E-state index in [1.165, 1.54) is 34.1 Å². The van der Waals surface area contributed by atoms with Gasteiger partial charge in [-0.2, -0.15) is 0 Å². The molecule has 3 aliphatic heterocycles. The van der Waals surface area contributed by atoms with Gasteiger partial charge in [0.2, 0.25) is 82.7 Å². The molecule has 0 bridgehead atoms. The van der Waals surface area contributed by atoms with Crippen molar-refractivity contribution in [1.82, 2.24) is 73.6 Å². The zero-order valence-electron chi connectivity index (χ0n) is 71.4. The molecule has 660 valence electrons. The first-order chi connectivity index (χ1) is 55.9. The summed E-state index contributed by atoms with van der Waals surface area (Å²) in [5.74, 6) is -13.5. The van der Waals surface area contributed by atoms with Crippen molar-refractivity contribution in [2.75, 3.05) is 39.3 Å². The highest BCUT2D eigenvalue weighted by atomic mass is 16.3. The Bertz CT molecular complexity index is 3640. The van der Waals surface area contributed by atoms with E-state index in [9.17, 15) is 63.0 Å². The number of aromatic hydroxyl groups is 2. The number of phenols is 2. The number of hydrogen-bond acceptors (Lipinski definition) is 20. The Kier molecular flexibility index (Phi) is 41.8. The molecule has 0 saturated carbocycles. The largest absolute Gasteiger partial charge is 0.508 e. The normalized spacial score (nSPS) is 25.8. The van der Waals surface area contributed by atoms with Crippen molar-refractivity contribution in [2.24, 2.45) is 58.4 Å². The lowest BCUT2D eigenvalue weighted by molar-refractivity contribution is -0.143. The predicted octanol–water partition coefficient (Wildman–Crippen LogP) is 0.928. The van der Waals surface area contributed by atoms with Gasteiger partial charge in [0, 0.05) is 25.9 Å². The second-order valence-electron chi connectivity index (χ2n) is 34.0. The molecule has 0 aliphatic carbocycles. The zero-order chi connectivity index (χ0) is 87.6. The van der Waals surface area contributed by atoms with E-state index in [1.54, 1.807) is 65.8 Å². The van der Waals surface area contributed by atoms with Gasteiger partial charge in [-0.05, 0) is 213 Å². The van der Waals surface area contributed by atoms with E-state index in [-0.39, 0.29) is 146 Å². The first kappa shape index (κ1) is 99.0.